The van der Waals surface area contributed by atoms with Gasteiger partial charge in [-0.25, -0.2) is 14.5 Å². The molecule has 0 unspecified atom stereocenters. The Morgan fingerprint density at radius 2 is 1.94 bits per heavy atom. The molecule has 4 N–H and O–H groups in total. The molecule has 3 heterocycles. The minimum absolute atomic E-state index is 0.242. The van der Waals surface area contributed by atoms with E-state index >= 15 is 0 Å². The Hall–Kier alpha value is -4.06. The van der Waals surface area contributed by atoms with Crippen LogP contribution in [0.15, 0.2) is 48.7 Å². The molecular formula is C26H32N8O. The molecule has 1 saturated heterocycles. The summed E-state index contributed by atoms with van der Waals surface area (Å²) in [6.07, 6.45) is 5.40. The van der Waals surface area contributed by atoms with Gasteiger partial charge in [-0.3, -0.25) is 0 Å². The first-order valence-electron chi connectivity index (χ1n) is 12.1. The molecule has 0 radical (unpaired) electrons. The average molecular weight is 473 g/mol. The van der Waals surface area contributed by atoms with Gasteiger partial charge in [0.1, 0.15) is 23.3 Å². The molecule has 1 aliphatic rings. The van der Waals surface area contributed by atoms with E-state index in [-0.39, 0.29) is 6.03 Å². The van der Waals surface area contributed by atoms with E-state index in [2.05, 4.69) is 38.6 Å². The molecule has 9 heteroatoms. The maximum Gasteiger partial charge on any atom is 0.315 e. The number of carbonyl (C=O) groups is 1. The molecule has 1 fully saturated rings. The molecule has 1 aromatic carbocycles. The monoisotopic (exact) mass is 472 g/mol. The lowest BCUT2D eigenvalue weighted by Gasteiger charge is -2.31. The third-order valence-electron chi connectivity index (χ3n) is 6.35. The molecule has 0 aliphatic carbocycles. The number of para-hydroxylation sites is 1. The third kappa shape index (κ3) is 6.09. The second-order valence-electron chi connectivity index (χ2n) is 8.97. The third-order valence-corrected chi connectivity index (χ3v) is 6.35. The van der Waals surface area contributed by atoms with Crippen molar-refractivity contribution in [3.63, 3.8) is 0 Å². The number of hydrogen-bond donors (Lipinski definition) is 3. The van der Waals surface area contributed by atoms with Crippen LogP contribution >= 0.6 is 0 Å². The number of piperidine rings is 1. The van der Waals surface area contributed by atoms with Crippen molar-refractivity contribution in [3.05, 3.63) is 65.5 Å². The highest BCUT2D eigenvalue weighted by atomic mass is 16.2. The van der Waals surface area contributed by atoms with E-state index in [4.69, 9.17) is 5.73 Å². The number of nitrogens with one attached hydrogen (secondary N) is 2. The Labute approximate surface area is 205 Å². The molecule has 3 aromatic rings. The number of hydrogen-bond acceptors (Lipinski definition) is 6. The highest BCUT2D eigenvalue weighted by Gasteiger charge is 2.17. The van der Waals surface area contributed by atoms with E-state index in [0.717, 1.165) is 36.1 Å². The van der Waals surface area contributed by atoms with Crippen LogP contribution in [0.5, 0.6) is 0 Å². The lowest BCUT2D eigenvalue weighted by Crippen LogP contribution is -2.36. The van der Waals surface area contributed by atoms with Crippen LogP contribution < -0.4 is 21.3 Å². The Bertz CT molecular complexity index is 1160. The highest BCUT2D eigenvalue weighted by molar-refractivity contribution is 5.73. The van der Waals surface area contributed by atoms with E-state index in [9.17, 15) is 10.1 Å². The minimum Gasteiger partial charge on any atom is -0.382 e. The summed E-state index contributed by atoms with van der Waals surface area (Å²) in [6, 6.07) is 15.4. The zero-order valence-electron chi connectivity index (χ0n) is 20.1. The van der Waals surface area contributed by atoms with Gasteiger partial charge >= 0.3 is 6.03 Å². The van der Waals surface area contributed by atoms with E-state index in [1.807, 2.05) is 48.7 Å². The number of nitrogen functional groups attached to an aromatic ring is 1. The predicted molar refractivity (Wildman–Crippen MR) is 136 cm³/mol. The van der Waals surface area contributed by atoms with Crippen molar-refractivity contribution in [2.75, 3.05) is 30.3 Å². The summed E-state index contributed by atoms with van der Waals surface area (Å²) >= 11 is 0. The molecule has 35 heavy (non-hydrogen) atoms. The largest absolute Gasteiger partial charge is 0.382 e. The van der Waals surface area contributed by atoms with Gasteiger partial charge in [-0.15, -0.1) is 0 Å². The zero-order chi connectivity index (χ0) is 24.6. The van der Waals surface area contributed by atoms with Crippen molar-refractivity contribution in [1.82, 2.24) is 25.4 Å². The van der Waals surface area contributed by atoms with Gasteiger partial charge in [0, 0.05) is 32.4 Å². The molecule has 2 aromatic heterocycles. The fourth-order valence-electron chi connectivity index (χ4n) is 4.19. The van der Waals surface area contributed by atoms with Crippen LogP contribution in [0.2, 0.25) is 0 Å². The lowest BCUT2D eigenvalue weighted by molar-refractivity contribution is 0.240. The van der Waals surface area contributed by atoms with Gasteiger partial charge in [0.25, 0.3) is 0 Å². The van der Waals surface area contributed by atoms with E-state index in [0.29, 0.717) is 43.0 Å². The minimum atomic E-state index is -0.242. The lowest BCUT2D eigenvalue weighted by atomic mass is 9.99. The molecule has 0 saturated carbocycles. The number of aromatic nitrogens is 3. The Morgan fingerprint density at radius 1 is 1.17 bits per heavy atom. The van der Waals surface area contributed by atoms with Gasteiger partial charge in [-0.2, -0.15) is 10.4 Å². The van der Waals surface area contributed by atoms with Gasteiger partial charge < -0.3 is 21.3 Å². The van der Waals surface area contributed by atoms with Crippen molar-refractivity contribution in [2.24, 2.45) is 5.92 Å². The molecule has 182 valence electrons. The molecule has 4 rings (SSSR count). The van der Waals surface area contributed by atoms with Crippen molar-refractivity contribution in [2.45, 2.75) is 39.2 Å². The predicted octanol–water partition coefficient (Wildman–Crippen LogP) is 3.39. The summed E-state index contributed by atoms with van der Waals surface area (Å²) in [7, 11) is 0. The first kappa shape index (κ1) is 24.1. The van der Waals surface area contributed by atoms with Gasteiger partial charge in [0.2, 0.25) is 0 Å². The van der Waals surface area contributed by atoms with Crippen LogP contribution in [0.25, 0.3) is 5.69 Å². The summed E-state index contributed by atoms with van der Waals surface area (Å²) in [6.45, 7) is 5.25. The fraction of sp³-hybridized carbons (Fsp3) is 0.385. The maximum absolute atomic E-state index is 12.2. The van der Waals surface area contributed by atoms with E-state index < -0.39 is 0 Å². The maximum atomic E-state index is 12.2. The van der Waals surface area contributed by atoms with Crippen LogP contribution in [-0.2, 0) is 13.0 Å². The quantitative estimate of drug-likeness (QED) is 0.432. The smallest absolute Gasteiger partial charge is 0.315 e. The molecular weight excluding hydrogens is 440 g/mol. The van der Waals surface area contributed by atoms with Crippen molar-refractivity contribution < 1.29 is 4.79 Å². The molecule has 9 nitrogen and oxygen atoms in total. The van der Waals surface area contributed by atoms with Crippen LogP contribution in [-0.4, -0.2) is 40.4 Å². The van der Waals surface area contributed by atoms with Crippen molar-refractivity contribution in [1.29, 1.82) is 5.26 Å². The normalized spacial score (nSPS) is 13.9. The Morgan fingerprint density at radius 3 is 2.63 bits per heavy atom. The van der Waals surface area contributed by atoms with Gasteiger partial charge in [-0.1, -0.05) is 31.2 Å². The second-order valence-corrected chi connectivity index (χ2v) is 8.97. The van der Waals surface area contributed by atoms with Crippen LogP contribution in [0.1, 0.15) is 43.0 Å². The first-order chi connectivity index (χ1) is 17.0. The van der Waals surface area contributed by atoms with Crippen molar-refractivity contribution >= 4 is 17.7 Å². The molecule has 1 aliphatic heterocycles. The summed E-state index contributed by atoms with van der Waals surface area (Å²) in [5.41, 5.74) is 8.91. The number of nitrogens with zero attached hydrogens (tertiary/aromatic N) is 5. The van der Waals surface area contributed by atoms with Crippen LogP contribution in [0, 0.1) is 17.2 Å². The number of amides is 2. The molecule has 0 atom stereocenters. The average Bonchev–Trinajstić information content (AvgIpc) is 3.21. The number of aryl methyl sites for hydroxylation is 1. The number of benzene rings is 1. The molecule has 0 bridgehead atoms. The van der Waals surface area contributed by atoms with Crippen LogP contribution in [0.4, 0.5) is 16.4 Å². The van der Waals surface area contributed by atoms with E-state index in [1.54, 1.807) is 4.68 Å². The molecule has 0 spiro atoms. The Kier molecular flexibility index (Phi) is 7.83. The van der Waals surface area contributed by atoms with Gasteiger partial charge in [0.15, 0.2) is 0 Å². The standard InChI is InChI=1S/C26H32N8O/c1-19-11-14-33(15-12-19)24-10-9-20(17-30-24)18-31-26(35)29-13-5-8-23-22(16-27)25(28)34(32-23)21-6-3-2-4-7-21/h2-4,6-7,9-10,17,19H,5,8,11-15,18,28H2,1H3,(H2,29,31,35). The topological polar surface area (TPSA) is 125 Å². The van der Waals surface area contributed by atoms with Crippen molar-refractivity contribution in [3.8, 4) is 11.8 Å². The fourth-order valence-corrected chi connectivity index (χ4v) is 4.19. The number of urea groups is 1. The number of nitrogens with two attached hydrogens (primary N) is 1. The summed E-state index contributed by atoms with van der Waals surface area (Å²) in [5.74, 6) is 2.11. The number of rotatable bonds is 8. The first-order valence-corrected chi connectivity index (χ1v) is 12.1. The number of carbonyl (C=O) groups excluding carboxylic acids is 1. The van der Waals surface area contributed by atoms with Gasteiger partial charge in [-0.05, 0) is 55.4 Å². The van der Waals surface area contributed by atoms with E-state index in [1.165, 1.54) is 12.8 Å². The van der Waals surface area contributed by atoms with Gasteiger partial charge in [0.05, 0.1) is 11.4 Å². The number of anilines is 2. The van der Waals surface area contributed by atoms with Crippen LogP contribution in [0.3, 0.4) is 0 Å². The summed E-state index contributed by atoms with van der Waals surface area (Å²) < 4.78 is 1.58. The summed E-state index contributed by atoms with van der Waals surface area (Å²) in [5, 5.41) is 19.7. The SMILES string of the molecule is CC1CCN(c2ccc(CNC(=O)NCCCc3nn(-c4ccccc4)c(N)c3C#N)cn2)CC1. The zero-order valence-corrected chi connectivity index (χ0v) is 20.1. The number of nitriles is 1. The Balaban J connectivity index is 1.21. The summed E-state index contributed by atoms with van der Waals surface area (Å²) in [4.78, 5) is 19.1. The highest BCUT2D eigenvalue weighted by Crippen LogP contribution is 2.22. The molecule has 2 amide bonds. The second kappa shape index (κ2) is 11.4. The number of pyridine rings is 1.